The van der Waals surface area contributed by atoms with Crippen LogP contribution in [0, 0.1) is 6.92 Å². The molecule has 1 aromatic heterocycles. The first-order chi connectivity index (χ1) is 19.1. The van der Waals surface area contributed by atoms with E-state index in [-0.39, 0.29) is 37.4 Å². The van der Waals surface area contributed by atoms with Crippen LogP contribution >= 0.6 is 0 Å². The van der Waals surface area contributed by atoms with Crippen molar-refractivity contribution in [1.82, 2.24) is 4.98 Å². The number of sulfone groups is 1. The fourth-order valence-electron chi connectivity index (χ4n) is 5.63. The molecule has 0 spiro atoms. The van der Waals surface area contributed by atoms with E-state index >= 15 is 0 Å². The Morgan fingerprint density at radius 2 is 2.02 bits per heavy atom. The van der Waals surface area contributed by atoms with E-state index in [0.717, 1.165) is 51.8 Å². The highest BCUT2D eigenvalue weighted by molar-refractivity contribution is 7.90. The summed E-state index contributed by atoms with van der Waals surface area (Å²) in [6.45, 7) is 2.41. The second kappa shape index (κ2) is 11.5. The summed E-state index contributed by atoms with van der Waals surface area (Å²) in [6, 6.07) is 11.6. The van der Waals surface area contributed by atoms with Crippen molar-refractivity contribution in [2.24, 2.45) is 0 Å². The van der Waals surface area contributed by atoms with Crippen molar-refractivity contribution in [1.29, 1.82) is 0 Å². The van der Waals surface area contributed by atoms with Gasteiger partial charge in [-0.3, -0.25) is 4.79 Å². The maximum absolute atomic E-state index is 11.4. The third kappa shape index (κ3) is 6.08. The molecule has 2 heterocycles. The number of carboxylic acids is 1. The van der Waals surface area contributed by atoms with Crippen LogP contribution < -0.4 is 14.2 Å². The second-order valence-electron chi connectivity index (χ2n) is 10.4. The quantitative estimate of drug-likeness (QED) is 0.324. The van der Waals surface area contributed by atoms with Crippen LogP contribution in [-0.2, 0) is 27.7 Å². The van der Waals surface area contributed by atoms with Crippen LogP contribution in [0.2, 0.25) is 0 Å². The topological polar surface area (TPSA) is 132 Å². The monoisotopic (exact) mass is 567 g/mol. The molecule has 0 bridgehead atoms. The molecule has 2 unspecified atom stereocenters. The van der Waals surface area contributed by atoms with Gasteiger partial charge in [0.1, 0.15) is 27.4 Å². The molecule has 40 heavy (non-hydrogen) atoms. The van der Waals surface area contributed by atoms with Gasteiger partial charge < -0.3 is 24.4 Å². The lowest BCUT2D eigenvalue weighted by Crippen LogP contribution is -2.08. The second-order valence-corrected chi connectivity index (χ2v) is 12.7. The van der Waals surface area contributed by atoms with Crippen molar-refractivity contribution >= 4 is 15.8 Å². The van der Waals surface area contributed by atoms with Gasteiger partial charge in [0.2, 0.25) is 5.88 Å². The van der Waals surface area contributed by atoms with Crippen LogP contribution in [0.3, 0.4) is 0 Å². The molecule has 5 rings (SSSR count). The number of aryl methyl sites for hydroxylation is 1. The molecule has 10 heteroatoms. The van der Waals surface area contributed by atoms with E-state index in [1.54, 1.807) is 12.3 Å². The molecule has 212 valence electrons. The van der Waals surface area contributed by atoms with E-state index in [1.807, 2.05) is 25.1 Å². The van der Waals surface area contributed by atoms with Crippen LogP contribution in [0.5, 0.6) is 17.4 Å². The molecule has 0 amide bonds. The summed E-state index contributed by atoms with van der Waals surface area (Å²) in [5.41, 5.74) is 6.70. The Bertz CT molecular complexity index is 1530. The number of aliphatic carboxylic acids is 1. The largest absolute Gasteiger partial charge is 0.494 e. The third-order valence-corrected chi connectivity index (χ3v) is 8.44. The van der Waals surface area contributed by atoms with E-state index < -0.39 is 15.8 Å². The SMILES string of the molecule is Cc1cc(OCCCS(C)(=O)=O)cc(CO)c1-c1cccc2c1CCC2Oc1cc2c(cn1)C(CC(=O)O)CO2. The van der Waals surface area contributed by atoms with E-state index in [9.17, 15) is 18.3 Å². The minimum absolute atomic E-state index is 0.000799. The number of aliphatic hydroxyl groups excluding tert-OH is 1. The highest BCUT2D eigenvalue weighted by Gasteiger charge is 2.30. The molecule has 1 aliphatic heterocycles. The van der Waals surface area contributed by atoms with Crippen molar-refractivity contribution in [2.45, 2.75) is 51.2 Å². The third-order valence-electron chi connectivity index (χ3n) is 7.41. The van der Waals surface area contributed by atoms with Crippen LogP contribution in [-0.4, -0.2) is 54.8 Å². The number of carboxylic acid groups (broad SMARTS) is 1. The highest BCUT2D eigenvalue weighted by Crippen LogP contribution is 2.43. The smallest absolute Gasteiger partial charge is 0.304 e. The number of hydrogen-bond acceptors (Lipinski definition) is 8. The number of benzene rings is 2. The van der Waals surface area contributed by atoms with Crippen LogP contribution in [0.1, 0.15) is 59.1 Å². The fourth-order valence-corrected chi connectivity index (χ4v) is 6.28. The minimum Gasteiger partial charge on any atom is -0.494 e. The molecule has 9 nitrogen and oxygen atoms in total. The van der Waals surface area contributed by atoms with Gasteiger partial charge in [-0.05, 0) is 71.7 Å². The van der Waals surface area contributed by atoms with Crippen molar-refractivity contribution in [3.8, 4) is 28.5 Å². The number of rotatable bonds is 11. The Balaban J connectivity index is 1.35. The average Bonchev–Trinajstić information content (AvgIpc) is 3.49. The zero-order chi connectivity index (χ0) is 28.4. The van der Waals surface area contributed by atoms with Gasteiger partial charge in [-0.2, -0.15) is 0 Å². The molecule has 0 saturated carbocycles. The van der Waals surface area contributed by atoms with Gasteiger partial charge >= 0.3 is 5.97 Å². The predicted octanol–water partition coefficient (Wildman–Crippen LogP) is 4.38. The molecule has 0 fully saturated rings. The number of nitrogens with zero attached hydrogens (tertiary/aromatic N) is 1. The lowest BCUT2D eigenvalue weighted by Gasteiger charge is -2.19. The van der Waals surface area contributed by atoms with Crippen molar-refractivity contribution in [2.75, 3.05) is 25.2 Å². The number of hydrogen-bond donors (Lipinski definition) is 2. The number of ether oxygens (including phenoxy) is 3. The van der Waals surface area contributed by atoms with Gasteiger partial charge in [-0.25, -0.2) is 13.4 Å². The number of carbonyl (C=O) groups is 1. The van der Waals surface area contributed by atoms with Gasteiger partial charge in [0.25, 0.3) is 0 Å². The normalized spacial score (nSPS) is 17.7. The minimum atomic E-state index is -3.04. The van der Waals surface area contributed by atoms with Crippen LogP contribution in [0.25, 0.3) is 11.1 Å². The first-order valence-electron chi connectivity index (χ1n) is 13.3. The molecular formula is C30H33NO8S. The fraction of sp³-hybridized carbons (Fsp3) is 0.400. The first-order valence-corrected chi connectivity index (χ1v) is 15.4. The molecular weight excluding hydrogens is 534 g/mol. The van der Waals surface area contributed by atoms with Gasteiger partial charge in [-0.1, -0.05) is 18.2 Å². The van der Waals surface area contributed by atoms with Gasteiger partial charge in [0.05, 0.1) is 32.0 Å². The van der Waals surface area contributed by atoms with Gasteiger partial charge in [0, 0.05) is 30.0 Å². The summed E-state index contributed by atoms with van der Waals surface area (Å²) in [6.07, 6.45) is 4.62. The molecule has 1 aliphatic carbocycles. The zero-order valence-electron chi connectivity index (χ0n) is 22.6. The summed E-state index contributed by atoms with van der Waals surface area (Å²) in [4.78, 5) is 15.6. The first kappa shape index (κ1) is 27.9. The van der Waals surface area contributed by atoms with E-state index in [0.29, 0.717) is 30.4 Å². The number of fused-ring (bicyclic) bond motifs is 2. The number of aliphatic hydroxyl groups is 1. The maximum Gasteiger partial charge on any atom is 0.304 e. The summed E-state index contributed by atoms with van der Waals surface area (Å²) in [7, 11) is -3.04. The molecule has 3 aromatic rings. The molecule has 2 N–H and O–H groups in total. The molecule has 0 saturated heterocycles. The Morgan fingerprint density at radius 3 is 2.77 bits per heavy atom. The maximum atomic E-state index is 11.4. The Kier molecular flexibility index (Phi) is 8.00. The van der Waals surface area contributed by atoms with Crippen molar-refractivity contribution in [3.05, 3.63) is 70.4 Å². The molecule has 2 atom stereocenters. The Labute approximate surface area is 233 Å². The highest BCUT2D eigenvalue weighted by atomic mass is 32.2. The average molecular weight is 568 g/mol. The van der Waals surface area contributed by atoms with E-state index in [2.05, 4.69) is 17.1 Å². The zero-order valence-corrected chi connectivity index (χ0v) is 23.4. The standard InChI is InChI=1S/C30H33NO8S/c1-18-11-21(37-9-4-10-40(2,35)36)12-19(16-32)30(18)24-6-3-5-23-22(24)7-8-26(23)39-28-14-27-25(15-31-28)20(17-38-27)13-29(33)34/h3,5-6,11-12,14-15,20,26,32H,4,7-10,13,16-17H2,1-2H3,(H,33,34). The van der Waals surface area contributed by atoms with Crippen LogP contribution in [0.4, 0.5) is 0 Å². The molecule has 2 aromatic carbocycles. The number of aromatic nitrogens is 1. The predicted molar refractivity (Wildman–Crippen MR) is 149 cm³/mol. The summed E-state index contributed by atoms with van der Waals surface area (Å²) in [5.74, 6) is 0.634. The number of pyridine rings is 1. The van der Waals surface area contributed by atoms with Crippen molar-refractivity contribution < 1.29 is 37.6 Å². The summed E-state index contributed by atoms with van der Waals surface area (Å²) in [5, 5.41) is 19.4. The Morgan fingerprint density at radius 1 is 1.20 bits per heavy atom. The molecule has 2 aliphatic rings. The van der Waals surface area contributed by atoms with Crippen LogP contribution in [0.15, 0.2) is 42.6 Å². The van der Waals surface area contributed by atoms with Gasteiger partial charge in [0.15, 0.2) is 0 Å². The Hall–Kier alpha value is -3.63. The summed E-state index contributed by atoms with van der Waals surface area (Å²) < 4.78 is 40.6. The van der Waals surface area contributed by atoms with E-state index in [1.165, 1.54) is 6.26 Å². The lowest BCUT2D eigenvalue weighted by molar-refractivity contribution is -0.137. The lowest BCUT2D eigenvalue weighted by atomic mass is 9.90. The molecule has 0 radical (unpaired) electrons. The van der Waals surface area contributed by atoms with Gasteiger partial charge in [-0.15, -0.1) is 0 Å². The summed E-state index contributed by atoms with van der Waals surface area (Å²) >= 11 is 0. The van der Waals surface area contributed by atoms with Crippen molar-refractivity contribution in [3.63, 3.8) is 0 Å². The van der Waals surface area contributed by atoms with E-state index in [4.69, 9.17) is 19.3 Å².